The molecule has 1 N–H and O–H groups in total. The van der Waals surface area contributed by atoms with Crippen molar-refractivity contribution >= 4 is 0 Å². The highest BCUT2D eigenvalue weighted by Gasteiger charge is 2.41. The molecular formula is C34H32NO+. The fourth-order valence-electron chi connectivity index (χ4n) is 6.30. The SMILES string of the molecule is OC1(CC#CC[N+]2(Cc3ccccc3)CC[C@H](c3ccccc3)C2)c2ccccc2-c2ccccc21. The molecule has 0 bridgehead atoms. The van der Waals surface area contributed by atoms with Crippen molar-refractivity contribution in [3.05, 3.63) is 131 Å². The molecule has 0 spiro atoms. The third-order valence-corrected chi connectivity index (χ3v) is 8.11. The van der Waals surface area contributed by atoms with Gasteiger partial charge in [-0.1, -0.05) is 115 Å². The van der Waals surface area contributed by atoms with Crippen LogP contribution in [0.1, 0.15) is 41.0 Å². The monoisotopic (exact) mass is 470 g/mol. The van der Waals surface area contributed by atoms with Gasteiger partial charge in [0, 0.05) is 24.3 Å². The molecule has 1 aliphatic heterocycles. The van der Waals surface area contributed by atoms with Crippen molar-refractivity contribution in [1.29, 1.82) is 0 Å². The Balaban J connectivity index is 1.26. The summed E-state index contributed by atoms with van der Waals surface area (Å²) in [6.07, 6.45) is 1.59. The molecule has 4 aromatic rings. The summed E-state index contributed by atoms with van der Waals surface area (Å²) < 4.78 is 0.974. The number of fused-ring (bicyclic) bond motifs is 3. The quantitative estimate of drug-likeness (QED) is 0.261. The summed E-state index contributed by atoms with van der Waals surface area (Å²) in [6, 6.07) is 38.2. The molecule has 2 atom stereocenters. The molecular weight excluding hydrogens is 438 g/mol. The van der Waals surface area contributed by atoms with Gasteiger partial charge in [0.1, 0.15) is 18.7 Å². The second-order valence-electron chi connectivity index (χ2n) is 10.4. The minimum Gasteiger partial charge on any atom is -0.379 e. The number of hydrogen-bond acceptors (Lipinski definition) is 1. The summed E-state index contributed by atoms with van der Waals surface area (Å²) in [5.41, 5.74) is 5.93. The molecule has 0 radical (unpaired) electrons. The van der Waals surface area contributed by atoms with E-state index in [1.165, 1.54) is 17.5 Å². The Bertz CT molecular complexity index is 1370. The van der Waals surface area contributed by atoms with Crippen molar-refractivity contribution < 1.29 is 9.59 Å². The van der Waals surface area contributed by atoms with Crippen molar-refractivity contribution in [2.45, 2.75) is 30.9 Å². The summed E-state index contributed by atoms with van der Waals surface area (Å²) in [7, 11) is 0. The van der Waals surface area contributed by atoms with Gasteiger partial charge in [-0.25, -0.2) is 0 Å². The number of aliphatic hydroxyl groups is 1. The van der Waals surface area contributed by atoms with Crippen molar-refractivity contribution in [2.75, 3.05) is 19.6 Å². The first-order valence-electron chi connectivity index (χ1n) is 13.0. The molecule has 1 unspecified atom stereocenters. The maximum atomic E-state index is 11.9. The van der Waals surface area contributed by atoms with E-state index in [4.69, 9.17) is 0 Å². The Morgan fingerprint density at radius 2 is 1.31 bits per heavy atom. The van der Waals surface area contributed by atoms with Gasteiger partial charge in [0.2, 0.25) is 0 Å². The van der Waals surface area contributed by atoms with Crippen molar-refractivity contribution in [2.24, 2.45) is 0 Å². The van der Waals surface area contributed by atoms with Crippen LogP contribution in [0.3, 0.4) is 0 Å². The van der Waals surface area contributed by atoms with Crippen molar-refractivity contribution in [3.63, 3.8) is 0 Å². The minimum atomic E-state index is -1.05. The Morgan fingerprint density at radius 3 is 1.97 bits per heavy atom. The first-order valence-corrected chi connectivity index (χ1v) is 13.0. The van der Waals surface area contributed by atoms with E-state index in [1.807, 2.05) is 36.4 Å². The zero-order valence-electron chi connectivity index (χ0n) is 20.6. The molecule has 2 heteroatoms. The number of benzene rings is 4. The maximum absolute atomic E-state index is 11.9. The summed E-state index contributed by atoms with van der Waals surface area (Å²) in [5, 5.41) is 11.9. The van der Waals surface area contributed by atoms with Crippen LogP contribution in [-0.4, -0.2) is 29.2 Å². The predicted molar refractivity (Wildman–Crippen MR) is 146 cm³/mol. The van der Waals surface area contributed by atoms with Crippen LogP contribution < -0.4 is 0 Å². The second-order valence-corrected chi connectivity index (χ2v) is 10.4. The summed E-state index contributed by atoms with van der Waals surface area (Å²) in [6.45, 7) is 4.02. The largest absolute Gasteiger partial charge is 0.379 e. The molecule has 2 nitrogen and oxygen atoms in total. The zero-order valence-corrected chi connectivity index (χ0v) is 20.6. The molecule has 4 aromatic carbocycles. The van der Waals surface area contributed by atoms with E-state index in [-0.39, 0.29) is 0 Å². The summed E-state index contributed by atoms with van der Waals surface area (Å²) in [5.74, 6) is 7.53. The first kappa shape index (κ1) is 22.8. The highest BCUT2D eigenvalue weighted by Crippen LogP contribution is 2.48. The lowest BCUT2D eigenvalue weighted by Gasteiger charge is -2.33. The maximum Gasteiger partial charge on any atom is 0.141 e. The molecule has 1 heterocycles. The van der Waals surface area contributed by atoms with Crippen LogP contribution >= 0.6 is 0 Å². The number of nitrogens with zero attached hydrogens (tertiary/aromatic N) is 1. The van der Waals surface area contributed by atoms with Crippen LogP contribution in [0, 0.1) is 11.8 Å². The van der Waals surface area contributed by atoms with Gasteiger partial charge in [-0.2, -0.15) is 0 Å². The number of hydrogen-bond donors (Lipinski definition) is 1. The molecule has 6 rings (SSSR count). The van der Waals surface area contributed by atoms with E-state index in [9.17, 15) is 5.11 Å². The van der Waals surface area contributed by atoms with Crippen LogP contribution in [0.15, 0.2) is 109 Å². The third-order valence-electron chi connectivity index (χ3n) is 8.11. The Kier molecular flexibility index (Phi) is 5.97. The molecule has 36 heavy (non-hydrogen) atoms. The van der Waals surface area contributed by atoms with Gasteiger partial charge in [-0.15, -0.1) is 0 Å². The van der Waals surface area contributed by atoms with E-state index in [0.717, 1.165) is 52.9 Å². The van der Waals surface area contributed by atoms with E-state index in [1.54, 1.807) is 0 Å². The van der Waals surface area contributed by atoms with E-state index < -0.39 is 5.60 Å². The summed E-state index contributed by atoms with van der Waals surface area (Å²) in [4.78, 5) is 0. The predicted octanol–water partition coefficient (Wildman–Crippen LogP) is 6.50. The molecule has 0 saturated carbocycles. The van der Waals surface area contributed by atoms with E-state index >= 15 is 0 Å². The topological polar surface area (TPSA) is 20.2 Å². The fourth-order valence-corrected chi connectivity index (χ4v) is 6.30. The van der Waals surface area contributed by atoms with Gasteiger partial charge in [0.05, 0.1) is 13.1 Å². The normalized spacial score (nSPS) is 21.3. The average Bonchev–Trinajstić information content (AvgIpc) is 3.46. The Hall–Kier alpha value is -3.64. The highest BCUT2D eigenvalue weighted by atomic mass is 16.3. The lowest BCUT2D eigenvalue weighted by Crippen LogP contribution is -2.45. The molecule has 0 amide bonds. The molecule has 1 saturated heterocycles. The fraction of sp³-hybridized carbons (Fsp3) is 0.235. The Labute approximate surface area is 214 Å². The van der Waals surface area contributed by atoms with Crippen LogP contribution in [0.2, 0.25) is 0 Å². The van der Waals surface area contributed by atoms with Gasteiger partial charge in [-0.3, -0.25) is 0 Å². The van der Waals surface area contributed by atoms with Gasteiger partial charge in [-0.05, 0) is 33.7 Å². The molecule has 1 aliphatic carbocycles. The molecule has 178 valence electrons. The van der Waals surface area contributed by atoms with Crippen molar-refractivity contribution in [3.8, 4) is 23.0 Å². The first-order chi connectivity index (χ1) is 17.7. The van der Waals surface area contributed by atoms with E-state index in [2.05, 4.69) is 84.6 Å². The van der Waals surface area contributed by atoms with Gasteiger partial charge in [0.25, 0.3) is 0 Å². The second kappa shape index (κ2) is 9.43. The van der Waals surface area contributed by atoms with Crippen LogP contribution in [-0.2, 0) is 12.1 Å². The minimum absolute atomic E-state index is 0.411. The zero-order chi connectivity index (χ0) is 24.4. The van der Waals surface area contributed by atoms with Crippen LogP contribution in [0.5, 0.6) is 0 Å². The number of rotatable bonds is 5. The third kappa shape index (κ3) is 4.16. The lowest BCUT2D eigenvalue weighted by molar-refractivity contribution is -0.923. The van der Waals surface area contributed by atoms with Crippen molar-refractivity contribution in [1.82, 2.24) is 0 Å². The highest BCUT2D eigenvalue weighted by molar-refractivity contribution is 5.80. The van der Waals surface area contributed by atoms with Crippen LogP contribution in [0.4, 0.5) is 0 Å². The number of likely N-dealkylation sites (tertiary alicyclic amines) is 1. The molecule has 2 aliphatic rings. The van der Waals surface area contributed by atoms with Gasteiger partial charge < -0.3 is 9.59 Å². The van der Waals surface area contributed by atoms with Gasteiger partial charge in [0.15, 0.2) is 0 Å². The Morgan fingerprint density at radius 1 is 0.722 bits per heavy atom. The summed E-state index contributed by atoms with van der Waals surface area (Å²) >= 11 is 0. The average molecular weight is 471 g/mol. The standard InChI is InChI=1S/C34H32NO/c36-34(32-19-9-7-17-30(32)31-18-8-10-20-33(31)34)22-11-12-23-35(25-27-13-3-1-4-14-27)24-21-29(26-35)28-15-5-2-6-16-28/h1-10,13-20,29,36H,21-26H2/q+1/t29-,35?/m0/s1. The molecule has 1 fully saturated rings. The van der Waals surface area contributed by atoms with Crippen LogP contribution in [0.25, 0.3) is 11.1 Å². The number of quaternary nitrogens is 1. The van der Waals surface area contributed by atoms with Gasteiger partial charge >= 0.3 is 0 Å². The smallest absolute Gasteiger partial charge is 0.141 e. The lowest BCUT2D eigenvalue weighted by atomic mass is 9.88. The molecule has 0 aromatic heterocycles. The van der Waals surface area contributed by atoms with E-state index in [0.29, 0.717) is 12.3 Å².